The van der Waals surface area contributed by atoms with Crippen LogP contribution in [0.5, 0.6) is 11.5 Å². The number of aromatic nitrogens is 4. The molecule has 0 atom stereocenters. The molecule has 1 aliphatic heterocycles. The lowest BCUT2D eigenvalue weighted by atomic mass is 10.2. The number of benzene rings is 1. The summed E-state index contributed by atoms with van der Waals surface area (Å²) in [6, 6.07) is 3.48. The first-order valence-electron chi connectivity index (χ1n) is 9.35. The van der Waals surface area contributed by atoms with Crippen LogP contribution in [0.25, 0.3) is 10.9 Å². The summed E-state index contributed by atoms with van der Waals surface area (Å²) in [4.78, 5) is 28.9. The van der Waals surface area contributed by atoms with Crippen molar-refractivity contribution in [2.24, 2.45) is 0 Å². The van der Waals surface area contributed by atoms with Crippen LogP contribution in [0.15, 0.2) is 34.5 Å². The zero-order valence-corrected chi connectivity index (χ0v) is 17.5. The molecule has 8 nitrogen and oxygen atoms in total. The maximum Gasteiger partial charge on any atom is 0.261 e. The van der Waals surface area contributed by atoms with Crippen molar-refractivity contribution in [3.63, 3.8) is 0 Å². The molecule has 0 bridgehead atoms. The van der Waals surface area contributed by atoms with Gasteiger partial charge in [-0.15, -0.1) is 0 Å². The number of nitrogens with zero attached hydrogens (tertiary/aromatic N) is 5. The van der Waals surface area contributed by atoms with Crippen molar-refractivity contribution in [3.05, 3.63) is 46.3 Å². The van der Waals surface area contributed by atoms with E-state index in [1.165, 1.54) is 11.8 Å². The third kappa shape index (κ3) is 3.92. The van der Waals surface area contributed by atoms with E-state index in [4.69, 9.17) is 14.5 Å². The maximum atomic E-state index is 13.1. The van der Waals surface area contributed by atoms with Crippen LogP contribution >= 0.6 is 11.8 Å². The van der Waals surface area contributed by atoms with Crippen molar-refractivity contribution >= 4 is 22.7 Å². The van der Waals surface area contributed by atoms with Crippen LogP contribution in [-0.4, -0.2) is 58.0 Å². The molecule has 29 heavy (non-hydrogen) atoms. The largest absolute Gasteiger partial charge is 0.493 e. The summed E-state index contributed by atoms with van der Waals surface area (Å²) in [7, 11) is 3.14. The van der Waals surface area contributed by atoms with Crippen LogP contribution in [0.2, 0.25) is 0 Å². The van der Waals surface area contributed by atoms with Crippen LogP contribution in [0.4, 0.5) is 0 Å². The molecule has 0 spiro atoms. The zero-order valence-electron chi connectivity index (χ0n) is 16.7. The van der Waals surface area contributed by atoms with Gasteiger partial charge in [-0.25, -0.2) is 15.0 Å². The van der Waals surface area contributed by atoms with Crippen molar-refractivity contribution < 1.29 is 9.47 Å². The van der Waals surface area contributed by atoms with Gasteiger partial charge < -0.3 is 9.47 Å². The predicted molar refractivity (Wildman–Crippen MR) is 112 cm³/mol. The molecule has 4 rings (SSSR count). The SMILES string of the molecule is COc1cc2nc3n(c(=O)c2cc1OC)CCN(Cc1cnc(SC)nc1)CC3. The Kier molecular flexibility index (Phi) is 5.68. The smallest absolute Gasteiger partial charge is 0.261 e. The minimum Gasteiger partial charge on any atom is -0.493 e. The molecule has 3 aromatic rings. The molecule has 152 valence electrons. The molecule has 0 saturated heterocycles. The predicted octanol–water partition coefficient (Wildman–Crippen LogP) is 1.98. The van der Waals surface area contributed by atoms with Gasteiger partial charge in [-0.2, -0.15) is 0 Å². The molecule has 0 N–H and O–H groups in total. The average Bonchev–Trinajstić information content (AvgIpc) is 2.96. The van der Waals surface area contributed by atoms with Gasteiger partial charge >= 0.3 is 0 Å². The molecular weight excluding hydrogens is 390 g/mol. The topological polar surface area (TPSA) is 82.4 Å². The van der Waals surface area contributed by atoms with Crippen LogP contribution < -0.4 is 15.0 Å². The number of hydrogen-bond donors (Lipinski definition) is 0. The molecule has 0 aliphatic carbocycles. The Morgan fingerprint density at radius 3 is 2.48 bits per heavy atom. The molecule has 9 heteroatoms. The molecule has 2 aromatic heterocycles. The lowest BCUT2D eigenvalue weighted by Crippen LogP contribution is -2.28. The fourth-order valence-corrected chi connectivity index (χ4v) is 3.89. The fourth-order valence-electron chi connectivity index (χ4n) is 3.57. The Hall–Kier alpha value is -2.65. The number of rotatable bonds is 5. The van der Waals surface area contributed by atoms with E-state index in [2.05, 4.69) is 14.9 Å². The summed E-state index contributed by atoms with van der Waals surface area (Å²) in [5, 5.41) is 1.31. The minimum atomic E-state index is -0.0412. The Morgan fingerprint density at radius 2 is 1.79 bits per heavy atom. The lowest BCUT2D eigenvalue weighted by molar-refractivity contribution is 0.270. The van der Waals surface area contributed by atoms with Gasteiger partial charge in [0.25, 0.3) is 5.56 Å². The van der Waals surface area contributed by atoms with Crippen molar-refractivity contribution in [3.8, 4) is 11.5 Å². The molecule has 0 unspecified atom stereocenters. The van der Waals surface area contributed by atoms with Gasteiger partial charge in [0.1, 0.15) is 5.82 Å². The van der Waals surface area contributed by atoms with E-state index in [1.54, 1.807) is 30.9 Å². The second kappa shape index (κ2) is 8.38. The third-order valence-electron chi connectivity index (χ3n) is 5.10. The fraction of sp³-hybridized carbons (Fsp3) is 0.400. The summed E-state index contributed by atoms with van der Waals surface area (Å²) in [5.74, 6) is 1.90. The second-order valence-electron chi connectivity index (χ2n) is 6.81. The Bertz CT molecular complexity index is 1080. The first-order valence-corrected chi connectivity index (χ1v) is 10.6. The monoisotopic (exact) mass is 413 g/mol. The van der Waals surface area contributed by atoms with Crippen LogP contribution in [0, 0.1) is 0 Å². The van der Waals surface area contributed by atoms with Crippen LogP contribution in [-0.2, 0) is 19.5 Å². The van der Waals surface area contributed by atoms with Crippen molar-refractivity contribution in [2.75, 3.05) is 33.6 Å². The second-order valence-corrected chi connectivity index (χ2v) is 7.59. The number of fused-ring (bicyclic) bond motifs is 2. The van der Waals surface area contributed by atoms with E-state index >= 15 is 0 Å². The van der Waals surface area contributed by atoms with Crippen molar-refractivity contribution in [1.29, 1.82) is 0 Å². The van der Waals surface area contributed by atoms with E-state index < -0.39 is 0 Å². The van der Waals surface area contributed by atoms with E-state index in [9.17, 15) is 4.79 Å². The van der Waals surface area contributed by atoms with Crippen LogP contribution in [0.1, 0.15) is 11.4 Å². The standard InChI is InChI=1S/C20H23N5O3S/c1-27-16-8-14-15(9-17(16)28-2)23-18-4-5-24(6-7-25(18)19(14)26)12-13-10-21-20(29-3)22-11-13/h8-11H,4-7,12H2,1-3H3. The summed E-state index contributed by atoms with van der Waals surface area (Å²) in [5.41, 5.74) is 1.66. The number of hydrogen-bond acceptors (Lipinski definition) is 8. The zero-order chi connectivity index (χ0) is 20.4. The molecule has 0 amide bonds. The maximum absolute atomic E-state index is 13.1. The number of thioether (sulfide) groups is 1. The first-order chi connectivity index (χ1) is 14.1. The summed E-state index contributed by atoms with van der Waals surface area (Å²) in [6.45, 7) is 2.92. The van der Waals surface area contributed by atoms with E-state index in [0.29, 0.717) is 35.4 Å². The lowest BCUT2D eigenvalue weighted by Gasteiger charge is -2.18. The van der Waals surface area contributed by atoms with Crippen molar-refractivity contribution in [2.45, 2.75) is 24.7 Å². The highest BCUT2D eigenvalue weighted by atomic mass is 32.2. The number of methoxy groups -OCH3 is 2. The van der Waals surface area contributed by atoms with Gasteiger partial charge in [0.05, 0.1) is 25.1 Å². The van der Waals surface area contributed by atoms with E-state index in [0.717, 1.165) is 36.2 Å². The first kappa shape index (κ1) is 19.7. The molecule has 1 aromatic carbocycles. The van der Waals surface area contributed by atoms with E-state index in [1.807, 2.05) is 18.6 Å². The molecule has 3 heterocycles. The average molecular weight is 414 g/mol. The quantitative estimate of drug-likeness (QED) is 0.464. The molecule has 0 fully saturated rings. The molecular formula is C20H23N5O3S. The van der Waals surface area contributed by atoms with Gasteiger partial charge in [-0.1, -0.05) is 11.8 Å². The highest BCUT2D eigenvalue weighted by Gasteiger charge is 2.19. The van der Waals surface area contributed by atoms with Crippen molar-refractivity contribution in [1.82, 2.24) is 24.4 Å². The molecule has 0 radical (unpaired) electrons. The van der Waals surface area contributed by atoms with Gasteiger partial charge in [0.2, 0.25) is 0 Å². The Balaban J connectivity index is 1.61. The molecule has 1 aliphatic rings. The van der Waals surface area contributed by atoms with Gasteiger partial charge in [0, 0.05) is 56.6 Å². The van der Waals surface area contributed by atoms with E-state index in [-0.39, 0.29) is 5.56 Å². The Morgan fingerprint density at radius 1 is 1.07 bits per heavy atom. The number of ether oxygens (including phenoxy) is 2. The summed E-state index contributed by atoms with van der Waals surface area (Å²) in [6.07, 6.45) is 6.40. The molecule has 0 saturated carbocycles. The third-order valence-corrected chi connectivity index (χ3v) is 5.68. The van der Waals surface area contributed by atoms with Gasteiger partial charge in [0.15, 0.2) is 16.7 Å². The highest BCUT2D eigenvalue weighted by Crippen LogP contribution is 2.30. The Labute approximate surface area is 172 Å². The minimum absolute atomic E-state index is 0.0412. The van der Waals surface area contributed by atoms with Gasteiger partial charge in [-0.05, 0) is 12.3 Å². The summed E-state index contributed by atoms with van der Waals surface area (Å²) >= 11 is 1.53. The van der Waals surface area contributed by atoms with Crippen LogP contribution in [0.3, 0.4) is 0 Å². The summed E-state index contributed by atoms with van der Waals surface area (Å²) < 4.78 is 12.5. The normalized spacial score (nSPS) is 14.4. The van der Waals surface area contributed by atoms with Gasteiger partial charge in [-0.3, -0.25) is 14.3 Å². The highest BCUT2D eigenvalue weighted by molar-refractivity contribution is 7.98.